The highest BCUT2D eigenvalue weighted by atomic mass is 19.4. The highest BCUT2D eigenvalue weighted by molar-refractivity contribution is 6.06. The number of carbonyl (C=O) groups is 1. The normalized spacial score (nSPS) is 11.3. The van der Waals surface area contributed by atoms with Crippen LogP contribution in [0.25, 0.3) is 10.9 Å². The molecular formula is C20H17F3N2O3. The Labute approximate surface area is 159 Å². The Morgan fingerprint density at radius 1 is 1.18 bits per heavy atom. The van der Waals surface area contributed by atoms with E-state index in [-0.39, 0.29) is 17.9 Å². The average molecular weight is 390 g/mol. The fourth-order valence-corrected chi connectivity index (χ4v) is 2.71. The lowest BCUT2D eigenvalue weighted by Crippen LogP contribution is -2.10. The van der Waals surface area contributed by atoms with Crippen molar-refractivity contribution in [1.29, 1.82) is 0 Å². The second-order valence-corrected chi connectivity index (χ2v) is 5.85. The molecule has 1 heterocycles. The Bertz CT molecular complexity index is 1020. The molecule has 1 N–H and O–H groups in total. The van der Waals surface area contributed by atoms with Crippen molar-refractivity contribution in [2.24, 2.45) is 0 Å². The zero-order chi connectivity index (χ0) is 20.3. The smallest absolute Gasteiger partial charge is 0.416 e. The molecule has 0 aliphatic heterocycles. The molecule has 28 heavy (non-hydrogen) atoms. The number of halogens is 3. The minimum Gasteiger partial charge on any atom is -0.497 e. The van der Waals surface area contributed by atoms with Gasteiger partial charge in [0.25, 0.3) is 0 Å². The number of anilines is 2. The summed E-state index contributed by atoms with van der Waals surface area (Å²) in [5.74, 6) is -0.114. The van der Waals surface area contributed by atoms with E-state index in [9.17, 15) is 18.0 Å². The molecule has 2 aromatic carbocycles. The summed E-state index contributed by atoms with van der Waals surface area (Å²) in [7, 11) is 1.49. The van der Waals surface area contributed by atoms with E-state index in [2.05, 4.69) is 10.3 Å². The minimum atomic E-state index is -4.48. The number of methoxy groups -OCH3 is 1. The van der Waals surface area contributed by atoms with Crippen molar-refractivity contribution in [2.45, 2.75) is 13.1 Å². The SMILES string of the molecule is CCOC(=O)c1cnc2ccc(OC)cc2c1Nc1cccc(C(F)(F)F)c1. The lowest BCUT2D eigenvalue weighted by atomic mass is 10.1. The Hall–Kier alpha value is -3.29. The Kier molecular flexibility index (Phi) is 5.39. The van der Waals surface area contributed by atoms with Crippen molar-refractivity contribution in [3.63, 3.8) is 0 Å². The molecule has 5 nitrogen and oxygen atoms in total. The molecule has 0 amide bonds. The highest BCUT2D eigenvalue weighted by Gasteiger charge is 2.30. The van der Waals surface area contributed by atoms with E-state index in [1.54, 1.807) is 25.1 Å². The summed E-state index contributed by atoms with van der Waals surface area (Å²) >= 11 is 0. The van der Waals surface area contributed by atoms with E-state index in [1.165, 1.54) is 25.4 Å². The van der Waals surface area contributed by atoms with E-state index in [4.69, 9.17) is 9.47 Å². The first-order chi connectivity index (χ1) is 13.3. The number of esters is 1. The maximum absolute atomic E-state index is 13.0. The Morgan fingerprint density at radius 3 is 2.64 bits per heavy atom. The standard InChI is InChI=1S/C20H17F3N2O3/c1-3-28-19(26)16-11-24-17-8-7-14(27-2)10-15(17)18(16)25-13-6-4-5-12(9-13)20(21,22)23/h4-11H,3H2,1-2H3,(H,24,25). The molecule has 0 saturated heterocycles. The van der Waals surface area contributed by atoms with Crippen LogP contribution in [-0.4, -0.2) is 24.7 Å². The van der Waals surface area contributed by atoms with E-state index in [0.717, 1.165) is 12.1 Å². The molecule has 0 spiro atoms. The summed E-state index contributed by atoms with van der Waals surface area (Å²) in [6, 6.07) is 9.77. The van der Waals surface area contributed by atoms with E-state index >= 15 is 0 Å². The van der Waals surface area contributed by atoms with Crippen LogP contribution >= 0.6 is 0 Å². The molecule has 0 radical (unpaired) electrons. The number of nitrogens with zero attached hydrogens (tertiary/aromatic N) is 1. The summed E-state index contributed by atoms with van der Waals surface area (Å²) in [5, 5.41) is 3.44. The second kappa shape index (κ2) is 7.75. The maximum atomic E-state index is 13.0. The predicted octanol–water partition coefficient (Wildman–Crippen LogP) is 5.18. The van der Waals surface area contributed by atoms with Gasteiger partial charge in [0.1, 0.15) is 11.3 Å². The molecule has 0 aliphatic rings. The fourth-order valence-electron chi connectivity index (χ4n) is 2.71. The quantitative estimate of drug-likeness (QED) is 0.608. The van der Waals surface area contributed by atoms with Gasteiger partial charge in [0.2, 0.25) is 0 Å². The fraction of sp³-hybridized carbons (Fsp3) is 0.200. The molecule has 1 aromatic heterocycles. The number of rotatable bonds is 5. The number of alkyl halides is 3. The first-order valence-electron chi connectivity index (χ1n) is 8.41. The van der Waals surface area contributed by atoms with Crippen LogP contribution in [0, 0.1) is 0 Å². The number of hydrogen-bond acceptors (Lipinski definition) is 5. The zero-order valence-corrected chi connectivity index (χ0v) is 15.1. The number of pyridine rings is 1. The first-order valence-corrected chi connectivity index (χ1v) is 8.41. The molecule has 0 saturated carbocycles. The van der Waals surface area contributed by atoms with Crippen molar-refractivity contribution in [2.75, 3.05) is 19.0 Å². The van der Waals surface area contributed by atoms with Crippen molar-refractivity contribution >= 4 is 28.2 Å². The summed E-state index contributed by atoms with van der Waals surface area (Å²) in [5.41, 5.74) is 0.326. The number of ether oxygens (including phenoxy) is 2. The molecule has 0 fully saturated rings. The van der Waals surface area contributed by atoms with Crippen LogP contribution in [0.15, 0.2) is 48.7 Å². The van der Waals surface area contributed by atoms with Crippen LogP contribution in [0.5, 0.6) is 5.75 Å². The first kappa shape index (κ1) is 19.5. The molecule has 146 valence electrons. The summed E-state index contributed by atoms with van der Waals surface area (Å²) in [6.07, 6.45) is -3.14. The van der Waals surface area contributed by atoms with Crippen molar-refractivity contribution in [1.82, 2.24) is 4.98 Å². The third kappa shape index (κ3) is 4.00. The number of fused-ring (bicyclic) bond motifs is 1. The topological polar surface area (TPSA) is 60.5 Å². The Balaban J connectivity index is 2.16. The van der Waals surface area contributed by atoms with Gasteiger partial charge in [-0.3, -0.25) is 4.98 Å². The van der Waals surface area contributed by atoms with Crippen LogP contribution in [-0.2, 0) is 10.9 Å². The number of nitrogens with one attached hydrogen (secondary N) is 1. The lowest BCUT2D eigenvalue weighted by molar-refractivity contribution is -0.137. The van der Waals surface area contributed by atoms with Gasteiger partial charge < -0.3 is 14.8 Å². The van der Waals surface area contributed by atoms with Gasteiger partial charge >= 0.3 is 12.1 Å². The third-order valence-corrected chi connectivity index (χ3v) is 4.03. The number of aromatic nitrogens is 1. The molecule has 8 heteroatoms. The highest BCUT2D eigenvalue weighted by Crippen LogP contribution is 2.35. The number of benzene rings is 2. The monoisotopic (exact) mass is 390 g/mol. The van der Waals surface area contributed by atoms with Crippen molar-refractivity contribution < 1.29 is 27.4 Å². The van der Waals surface area contributed by atoms with Gasteiger partial charge in [0.05, 0.1) is 30.5 Å². The van der Waals surface area contributed by atoms with E-state index < -0.39 is 17.7 Å². The van der Waals surface area contributed by atoms with Crippen LogP contribution < -0.4 is 10.1 Å². The van der Waals surface area contributed by atoms with Crippen molar-refractivity contribution in [3.8, 4) is 5.75 Å². The zero-order valence-electron chi connectivity index (χ0n) is 15.1. The Morgan fingerprint density at radius 2 is 1.96 bits per heavy atom. The summed E-state index contributed by atoms with van der Waals surface area (Å²) in [4.78, 5) is 16.6. The molecule has 0 unspecified atom stereocenters. The molecule has 3 aromatic rings. The lowest BCUT2D eigenvalue weighted by Gasteiger charge is -2.16. The van der Waals surface area contributed by atoms with Crippen LogP contribution in [0.4, 0.5) is 24.5 Å². The number of carbonyl (C=O) groups excluding carboxylic acids is 1. The molecule has 0 aliphatic carbocycles. The summed E-state index contributed by atoms with van der Waals surface area (Å²) in [6.45, 7) is 1.81. The predicted molar refractivity (Wildman–Crippen MR) is 99.0 cm³/mol. The van der Waals surface area contributed by atoms with Crippen LogP contribution in [0.3, 0.4) is 0 Å². The van der Waals surface area contributed by atoms with Gasteiger partial charge in [-0.25, -0.2) is 4.79 Å². The van der Waals surface area contributed by atoms with Gasteiger partial charge in [-0.05, 0) is 43.3 Å². The van der Waals surface area contributed by atoms with Gasteiger partial charge in [-0.2, -0.15) is 13.2 Å². The average Bonchev–Trinajstić information content (AvgIpc) is 2.67. The van der Waals surface area contributed by atoms with Crippen LogP contribution in [0.2, 0.25) is 0 Å². The largest absolute Gasteiger partial charge is 0.497 e. The van der Waals surface area contributed by atoms with Gasteiger partial charge in [-0.1, -0.05) is 6.07 Å². The molecule has 0 atom stereocenters. The van der Waals surface area contributed by atoms with Gasteiger partial charge in [-0.15, -0.1) is 0 Å². The van der Waals surface area contributed by atoms with E-state index in [1.807, 2.05) is 0 Å². The summed E-state index contributed by atoms with van der Waals surface area (Å²) < 4.78 is 49.4. The molecule has 0 bridgehead atoms. The van der Waals surface area contributed by atoms with E-state index in [0.29, 0.717) is 22.3 Å². The molecular weight excluding hydrogens is 373 g/mol. The third-order valence-electron chi connectivity index (χ3n) is 4.03. The maximum Gasteiger partial charge on any atom is 0.416 e. The van der Waals surface area contributed by atoms with Crippen molar-refractivity contribution in [3.05, 3.63) is 59.8 Å². The molecule has 3 rings (SSSR count). The van der Waals surface area contributed by atoms with Crippen LogP contribution in [0.1, 0.15) is 22.8 Å². The van der Waals surface area contributed by atoms with Gasteiger partial charge in [0, 0.05) is 17.3 Å². The van der Waals surface area contributed by atoms with Gasteiger partial charge in [0.15, 0.2) is 0 Å². The number of hydrogen-bond donors (Lipinski definition) is 1. The minimum absolute atomic E-state index is 0.111. The second-order valence-electron chi connectivity index (χ2n) is 5.85.